The SMILES string of the molecule is O=C(Cc1c[nH]c2ccc(F)cc12)Nc1c(Cl)cccc1Cl. The Morgan fingerprint density at radius 2 is 1.91 bits per heavy atom. The number of hydrogen-bond donors (Lipinski definition) is 2. The molecule has 0 spiro atoms. The molecule has 0 fully saturated rings. The monoisotopic (exact) mass is 336 g/mol. The van der Waals surface area contributed by atoms with Gasteiger partial charge in [0.25, 0.3) is 0 Å². The van der Waals surface area contributed by atoms with E-state index in [1.54, 1.807) is 30.5 Å². The number of hydrogen-bond acceptors (Lipinski definition) is 1. The Labute approximate surface area is 136 Å². The molecule has 0 atom stereocenters. The molecule has 3 nitrogen and oxygen atoms in total. The Bertz CT molecular complexity index is 840. The largest absolute Gasteiger partial charge is 0.361 e. The average Bonchev–Trinajstić information content (AvgIpc) is 2.85. The number of H-pyrrole nitrogens is 1. The fourth-order valence-corrected chi connectivity index (χ4v) is 2.76. The molecule has 0 unspecified atom stereocenters. The third-order valence-electron chi connectivity index (χ3n) is 3.31. The Morgan fingerprint density at radius 1 is 1.18 bits per heavy atom. The number of aromatic nitrogens is 1. The zero-order valence-electron chi connectivity index (χ0n) is 11.3. The molecule has 1 amide bonds. The number of fused-ring (bicyclic) bond motifs is 1. The molecule has 0 saturated carbocycles. The lowest BCUT2D eigenvalue weighted by Gasteiger charge is -2.08. The van der Waals surface area contributed by atoms with Crippen LogP contribution in [-0.4, -0.2) is 10.9 Å². The number of amides is 1. The molecule has 0 radical (unpaired) electrons. The highest BCUT2D eigenvalue weighted by molar-refractivity contribution is 6.39. The van der Waals surface area contributed by atoms with Crippen LogP contribution in [0.4, 0.5) is 10.1 Å². The minimum Gasteiger partial charge on any atom is -0.361 e. The molecule has 0 bridgehead atoms. The van der Waals surface area contributed by atoms with Gasteiger partial charge in [-0.2, -0.15) is 0 Å². The molecule has 0 aliphatic carbocycles. The Balaban J connectivity index is 1.83. The fourth-order valence-electron chi connectivity index (χ4n) is 2.27. The van der Waals surface area contributed by atoms with Gasteiger partial charge in [0.05, 0.1) is 22.2 Å². The molecule has 2 N–H and O–H groups in total. The number of nitrogens with one attached hydrogen (secondary N) is 2. The van der Waals surface area contributed by atoms with E-state index in [1.807, 2.05) is 0 Å². The van der Waals surface area contributed by atoms with Gasteiger partial charge in [0.1, 0.15) is 5.82 Å². The molecular weight excluding hydrogens is 326 g/mol. The zero-order chi connectivity index (χ0) is 15.7. The van der Waals surface area contributed by atoms with E-state index in [-0.39, 0.29) is 18.1 Å². The molecular formula is C16H11Cl2FN2O. The second-order valence-corrected chi connectivity index (χ2v) is 5.64. The predicted octanol–water partition coefficient (Wildman–Crippen LogP) is 4.80. The van der Waals surface area contributed by atoms with Crippen LogP contribution in [0.2, 0.25) is 10.0 Å². The van der Waals surface area contributed by atoms with Crippen LogP contribution in [0, 0.1) is 5.82 Å². The lowest BCUT2D eigenvalue weighted by Crippen LogP contribution is -2.14. The van der Waals surface area contributed by atoms with Crippen molar-refractivity contribution in [3.05, 3.63) is 64.0 Å². The van der Waals surface area contributed by atoms with Crippen LogP contribution in [0.3, 0.4) is 0 Å². The van der Waals surface area contributed by atoms with Gasteiger partial charge in [0.15, 0.2) is 0 Å². The van der Waals surface area contributed by atoms with Crippen molar-refractivity contribution in [3.63, 3.8) is 0 Å². The summed E-state index contributed by atoms with van der Waals surface area (Å²) < 4.78 is 13.3. The minimum atomic E-state index is -0.345. The van der Waals surface area contributed by atoms with E-state index in [1.165, 1.54) is 12.1 Å². The van der Waals surface area contributed by atoms with E-state index in [9.17, 15) is 9.18 Å². The van der Waals surface area contributed by atoms with Crippen molar-refractivity contribution in [2.75, 3.05) is 5.32 Å². The standard InChI is InChI=1S/C16H11Cl2FN2O/c17-12-2-1-3-13(18)16(12)21-15(22)6-9-8-20-14-5-4-10(19)7-11(9)14/h1-5,7-8,20H,6H2,(H,21,22). The molecule has 112 valence electrons. The number of para-hydroxylation sites is 1. The van der Waals surface area contributed by atoms with Gasteiger partial charge < -0.3 is 10.3 Å². The van der Waals surface area contributed by atoms with Crippen LogP contribution in [0.5, 0.6) is 0 Å². The summed E-state index contributed by atoms with van der Waals surface area (Å²) in [5.74, 6) is -0.622. The third-order valence-corrected chi connectivity index (χ3v) is 3.94. The van der Waals surface area contributed by atoms with Crippen LogP contribution in [0.25, 0.3) is 10.9 Å². The van der Waals surface area contributed by atoms with Crippen molar-refractivity contribution in [1.82, 2.24) is 4.98 Å². The Kier molecular flexibility index (Phi) is 4.05. The summed E-state index contributed by atoms with van der Waals surface area (Å²) in [5, 5.41) is 4.10. The number of halogens is 3. The van der Waals surface area contributed by atoms with Crippen molar-refractivity contribution in [1.29, 1.82) is 0 Å². The van der Waals surface area contributed by atoms with Gasteiger partial charge >= 0.3 is 0 Å². The fraction of sp³-hybridized carbons (Fsp3) is 0.0625. The van der Waals surface area contributed by atoms with Gasteiger partial charge in [0.2, 0.25) is 5.91 Å². The summed E-state index contributed by atoms with van der Waals surface area (Å²) in [6.07, 6.45) is 1.78. The zero-order valence-corrected chi connectivity index (χ0v) is 12.8. The first-order valence-corrected chi connectivity index (χ1v) is 7.29. The maximum absolute atomic E-state index is 13.3. The summed E-state index contributed by atoms with van der Waals surface area (Å²) >= 11 is 12.0. The molecule has 3 aromatic rings. The van der Waals surface area contributed by atoms with Crippen LogP contribution < -0.4 is 5.32 Å². The summed E-state index contributed by atoms with van der Waals surface area (Å²) in [6.45, 7) is 0. The first-order chi connectivity index (χ1) is 10.5. The van der Waals surface area contributed by atoms with Crippen LogP contribution >= 0.6 is 23.2 Å². The van der Waals surface area contributed by atoms with Crippen molar-refractivity contribution >= 4 is 45.7 Å². The molecule has 0 saturated heterocycles. The number of anilines is 1. The highest BCUT2D eigenvalue weighted by Crippen LogP contribution is 2.30. The third kappa shape index (κ3) is 2.93. The van der Waals surface area contributed by atoms with Gasteiger partial charge in [-0.1, -0.05) is 29.3 Å². The number of carbonyl (C=O) groups excluding carboxylic acids is 1. The topological polar surface area (TPSA) is 44.9 Å². The highest BCUT2D eigenvalue weighted by Gasteiger charge is 2.13. The number of rotatable bonds is 3. The predicted molar refractivity (Wildman–Crippen MR) is 87.1 cm³/mol. The first-order valence-electron chi connectivity index (χ1n) is 6.54. The summed E-state index contributed by atoms with van der Waals surface area (Å²) in [7, 11) is 0. The molecule has 1 heterocycles. The second-order valence-electron chi connectivity index (χ2n) is 4.83. The molecule has 0 aliphatic heterocycles. The van der Waals surface area contributed by atoms with Gasteiger partial charge in [-0.3, -0.25) is 4.79 Å². The molecule has 1 aromatic heterocycles. The van der Waals surface area contributed by atoms with E-state index in [0.29, 0.717) is 26.7 Å². The number of benzene rings is 2. The lowest BCUT2D eigenvalue weighted by molar-refractivity contribution is -0.115. The van der Waals surface area contributed by atoms with Crippen molar-refractivity contribution in [2.24, 2.45) is 0 Å². The Morgan fingerprint density at radius 3 is 2.64 bits per heavy atom. The van der Waals surface area contributed by atoms with Gasteiger partial charge in [0, 0.05) is 17.1 Å². The average molecular weight is 337 g/mol. The highest BCUT2D eigenvalue weighted by atomic mass is 35.5. The van der Waals surface area contributed by atoms with Gasteiger partial charge in [-0.05, 0) is 35.9 Å². The summed E-state index contributed by atoms with van der Waals surface area (Å²) in [5.41, 5.74) is 1.86. The summed E-state index contributed by atoms with van der Waals surface area (Å²) in [6, 6.07) is 9.39. The van der Waals surface area contributed by atoms with E-state index < -0.39 is 0 Å². The molecule has 0 aliphatic rings. The maximum Gasteiger partial charge on any atom is 0.228 e. The van der Waals surface area contributed by atoms with Crippen LogP contribution in [0.1, 0.15) is 5.56 Å². The minimum absolute atomic E-state index is 0.0883. The maximum atomic E-state index is 13.3. The van der Waals surface area contributed by atoms with Crippen LogP contribution in [-0.2, 0) is 11.2 Å². The van der Waals surface area contributed by atoms with Crippen molar-refractivity contribution < 1.29 is 9.18 Å². The smallest absolute Gasteiger partial charge is 0.228 e. The van der Waals surface area contributed by atoms with Crippen molar-refractivity contribution in [2.45, 2.75) is 6.42 Å². The normalized spacial score (nSPS) is 10.9. The van der Waals surface area contributed by atoms with E-state index in [2.05, 4.69) is 10.3 Å². The second kappa shape index (κ2) is 5.99. The summed E-state index contributed by atoms with van der Waals surface area (Å²) in [4.78, 5) is 15.2. The quantitative estimate of drug-likeness (QED) is 0.709. The molecule has 6 heteroatoms. The van der Waals surface area contributed by atoms with E-state index in [0.717, 1.165) is 5.52 Å². The van der Waals surface area contributed by atoms with Gasteiger partial charge in [-0.15, -0.1) is 0 Å². The molecule has 3 rings (SSSR count). The lowest BCUT2D eigenvalue weighted by atomic mass is 10.1. The van der Waals surface area contributed by atoms with E-state index in [4.69, 9.17) is 23.2 Å². The first kappa shape index (κ1) is 14.9. The number of aromatic amines is 1. The Hall–Kier alpha value is -2.04. The number of carbonyl (C=O) groups is 1. The van der Waals surface area contributed by atoms with E-state index >= 15 is 0 Å². The van der Waals surface area contributed by atoms with Gasteiger partial charge in [-0.25, -0.2) is 4.39 Å². The van der Waals surface area contributed by atoms with Crippen LogP contribution in [0.15, 0.2) is 42.6 Å². The van der Waals surface area contributed by atoms with Crippen molar-refractivity contribution in [3.8, 4) is 0 Å². The molecule has 2 aromatic carbocycles. The molecule has 22 heavy (non-hydrogen) atoms.